The van der Waals surface area contributed by atoms with Crippen molar-refractivity contribution in [3.63, 3.8) is 0 Å². The van der Waals surface area contributed by atoms with Gasteiger partial charge in [-0.3, -0.25) is 4.90 Å². The maximum absolute atomic E-state index is 13.4. The molecule has 1 aliphatic carbocycles. The summed E-state index contributed by atoms with van der Waals surface area (Å²) in [6.07, 6.45) is 5.46. The van der Waals surface area contributed by atoms with Gasteiger partial charge in [-0.05, 0) is 104 Å². The Morgan fingerprint density at radius 3 is 2.31 bits per heavy atom. The third kappa shape index (κ3) is 10.3. The zero-order chi connectivity index (χ0) is 42.6. The standard InChI is InChI=1S/C45H43Cl2F2N3O9/c46-36-21-52(56)22-37(47)35(36)20-33(29-11-12-38(60-44(48)49)39(18-29)58-24-26-9-10-26)34-19-32(59-42(34)43(53)54)25-57-31-8-4-7-30(17-31)41(28-5-2-1-3-6-28)50-45(55)61-40-23-51-15-13-27(40)14-16-51/h1-8,11-12,17-19,21-22,26-27,33,40-41,44H,9-10,13-16,20,23-25H2,(H,50,55)(H,53,54)/t33-,40-,41-/m0/s1. The number of piperidine rings is 3. The molecule has 16 heteroatoms. The summed E-state index contributed by atoms with van der Waals surface area (Å²) in [7, 11) is 0. The Morgan fingerprint density at radius 2 is 1.64 bits per heavy atom. The topological polar surface area (TPSA) is 147 Å². The van der Waals surface area contributed by atoms with Crippen LogP contribution < -0.4 is 24.3 Å². The summed E-state index contributed by atoms with van der Waals surface area (Å²) >= 11 is 13.0. The second-order valence-corrected chi connectivity index (χ2v) is 16.4. The van der Waals surface area contributed by atoms with Crippen LogP contribution in [-0.4, -0.2) is 61.0 Å². The van der Waals surface area contributed by atoms with Gasteiger partial charge in [-0.15, -0.1) is 0 Å². The predicted molar refractivity (Wildman–Crippen MR) is 220 cm³/mol. The molecule has 1 saturated carbocycles. The number of nitrogens with zero attached hydrogens (tertiary/aromatic N) is 2. The van der Waals surface area contributed by atoms with E-state index in [0.29, 0.717) is 27.5 Å². The van der Waals surface area contributed by atoms with E-state index in [0.717, 1.165) is 68.8 Å². The van der Waals surface area contributed by atoms with Crippen molar-refractivity contribution < 1.29 is 51.6 Å². The summed E-state index contributed by atoms with van der Waals surface area (Å²) in [6, 6.07) is 22.0. The van der Waals surface area contributed by atoms with Crippen molar-refractivity contribution >= 4 is 35.3 Å². The molecule has 0 unspecified atom stereocenters. The summed E-state index contributed by atoms with van der Waals surface area (Å²) in [5, 5.41) is 25.7. The maximum Gasteiger partial charge on any atom is 0.408 e. The molecule has 5 aromatic rings. The molecule has 2 aromatic heterocycles. The smallest absolute Gasteiger partial charge is 0.408 e. The number of alkyl halides is 2. The highest BCUT2D eigenvalue weighted by Gasteiger charge is 2.37. The van der Waals surface area contributed by atoms with Crippen molar-refractivity contribution in [3.05, 3.63) is 146 Å². The monoisotopic (exact) mass is 877 g/mol. The van der Waals surface area contributed by atoms with Gasteiger partial charge in [0.1, 0.15) is 34.3 Å². The van der Waals surface area contributed by atoms with Crippen molar-refractivity contribution in [2.45, 2.75) is 63.4 Å². The first-order valence-electron chi connectivity index (χ1n) is 20.1. The lowest BCUT2D eigenvalue weighted by molar-refractivity contribution is -0.605. The van der Waals surface area contributed by atoms with Gasteiger partial charge in [0, 0.05) is 23.6 Å². The minimum absolute atomic E-state index is 0.0201. The number of alkyl carbamates (subject to hydrolysis) is 1. The van der Waals surface area contributed by atoms with E-state index >= 15 is 0 Å². The molecule has 320 valence electrons. The van der Waals surface area contributed by atoms with Gasteiger partial charge in [-0.2, -0.15) is 13.5 Å². The first-order valence-corrected chi connectivity index (χ1v) is 20.8. The number of hydrogen-bond acceptors (Lipinski definition) is 9. The number of carbonyl (C=O) groups is 2. The van der Waals surface area contributed by atoms with Crippen LogP contribution in [0.25, 0.3) is 0 Å². The number of fused-ring (bicyclic) bond motifs is 3. The summed E-state index contributed by atoms with van der Waals surface area (Å²) in [4.78, 5) is 28.5. The molecular weight excluding hydrogens is 835 g/mol. The summed E-state index contributed by atoms with van der Waals surface area (Å²) < 4.78 is 56.1. The Bertz CT molecular complexity index is 2330. The zero-order valence-electron chi connectivity index (χ0n) is 32.8. The highest BCUT2D eigenvalue weighted by atomic mass is 35.5. The van der Waals surface area contributed by atoms with Gasteiger partial charge in [0.05, 0.1) is 12.6 Å². The van der Waals surface area contributed by atoms with Crippen LogP contribution >= 0.6 is 23.2 Å². The number of nitrogens with one attached hydrogen (secondary N) is 1. The number of rotatable bonds is 17. The third-order valence-corrected chi connectivity index (χ3v) is 12.1. The van der Waals surface area contributed by atoms with Crippen molar-refractivity contribution in [1.82, 2.24) is 10.2 Å². The van der Waals surface area contributed by atoms with E-state index in [2.05, 4.69) is 10.2 Å². The van der Waals surface area contributed by atoms with Gasteiger partial charge in [-0.25, -0.2) is 9.59 Å². The van der Waals surface area contributed by atoms with Crippen LogP contribution in [0.5, 0.6) is 17.2 Å². The number of ether oxygens (including phenoxy) is 4. The van der Waals surface area contributed by atoms with E-state index in [4.69, 9.17) is 46.6 Å². The second kappa shape index (κ2) is 18.6. The average molecular weight is 879 g/mol. The molecule has 2 bridgehead atoms. The molecule has 3 aromatic carbocycles. The van der Waals surface area contributed by atoms with Crippen molar-refractivity contribution in [2.24, 2.45) is 11.8 Å². The largest absolute Gasteiger partial charge is 0.619 e. The number of pyridine rings is 1. The number of benzene rings is 3. The van der Waals surface area contributed by atoms with E-state index in [1.54, 1.807) is 24.3 Å². The fourth-order valence-corrected chi connectivity index (χ4v) is 8.71. The number of carboxylic acid groups (broad SMARTS) is 1. The fourth-order valence-electron chi connectivity index (χ4n) is 8.11. The lowest BCUT2D eigenvalue weighted by Gasteiger charge is -2.43. The Morgan fingerprint density at radius 1 is 0.902 bits per heavy atom. The number of carbonyl (C=O) groups excluding carboxylic acids is 1. The molecule has 5 heterocycles. The zero-order valence-corrected chi connectivity index (χ0v) is 34.3. The molecule has 3 saturated heterocycles. The number of carboxylic acids is 1. The van der Waals surface area contributed by atoms with Gasteiger partial charge in [0.15, 0.2) is 23.9 Å². The summed E-state index contributed by atoms with van der Waals surface area (Å²) in [5.74, 6) is -1.55. The highest BCUT2D eigenvalue weighted by Crippen LogP contribution is 2.41. The molecule has 0 radical (unpaired) electrons. The predicted octanol–water partition coefficient (Wildman–Crippen LogP) is 9.17. The Hall–Kier alpha value is -5.57. The SMILES string of the molecule is O=C(N[C@@H](c1ccccc1)c1cccc(OCc2cc([C@@H](Cc3c(Cl)c[n+]([O-])cc3Cl)c3ccc(OC(F)F)c(OCC4CC4)c3)c(C(=O)O)o2)c1)O[C@H]1CN2CCC1CC2. The minimum Gasteiger partial charge on any atom is -0.619 e. The first-order chi connectivity index (χ1) is 29.5. The molecule has 3 aliphatic heterocycles. The third-order valence-electron chi connectivity index (χ3n) is 11.4. The van der Waals surface area contributed by atoms with Crippen LogP contribution in [-0.2, 0) is 17.8 Å². The number of furan rings is 1. The summed E-state index contributed by atoms with van der Waals surface area (Å²) in [6.45, 7) is -0.246. The molecule has 0 spiro atoms. The van der Waals surface area contributed by atoms with Gasteiger partial charge in [-0.1, -0.05) is 71.7 Å². The van der Waals surface area contributed by atoms with E-state index in [-0.39, 0.29) is 64.5 Å². The first kappa shape index (κ1) is 42.1. The molecule has 4 fully saturated rings. The minimum atomic E-state index is -3.11. The van der Waals surface area contributed by atoms with E-state index in [1.165, 1.54) is 18.2 Å². The quantitative estimate of drug-likeness (QED) is 0.0685. The Balaban J connectivity index is 1.07. The van der Waals surface area contributed by atoms with E-state index < -0.39 is 36.4 Å². The van der Waals surface area contributed by atoms with Gasteiger partial charge in [0.2, 0.25) is 5.76 Å². The summed E-state index contributed by atoms with van der Waals surface area (Å²) in [5.41, 5.74) is 2.55. The lowest BCUT2D eigenvalue weighted by atomic mass is 9.85. The molecule has 1 amide bonds. The molecule has 9 rings (SSSR count). The van der Waals surface area contributed by atoms with Crippen LogP contribution in [0.3, 0.4) is 0 Å². The van der Waals surface area contributed by atoms with Crippen LogP contribution in [0, 0.1) is 17.0 Å². The Labute approximate surface area is 360 Å². The number of halogens is 4. The highest BCUT2D eigenvalue weighted by molar-refractivity contribution is 6.35. The number of aromatic carboxylic acids is 1. The van der Waals surface area contributed by atoms with Crippen molar-refractivity contribution in [1.29, 1.82) is 0 Å². The molecule has 3 atom stereocenters. The van der Waals surface area contributed by atoms with Crippen LogP contribution in [0.1, 0.15) is 81.8 Å². The van der Waals surface area contributed by atoms with Crippen molar-refractivity contribution in [2.75, 3.05) is 26.2 Å². The number of amides is 1. The van der Waals surface area contributed by atoms with Gasteiger partial charge >= 0.3 is 18.7 Å². The number of hydrogen-bond donors (Lipinski definition) is 2. The van der Waals surface area contributed by atoms with Crippen LogP contribution in [0.15, 0.2) is 95.7 Å². The van der Waals surface area contributed by atoms with E-state index in [9.17, 15) is 28.7 Å². The van der Waals surface area contributed by atoms with Crippen molar-refractivity contribution in [3.8, 4) is 17.2 Å². The van der Waals surface area contributed by atoms with Gasteiger partial charge in [0.25, 0.3) is 0 Å². The molecule has 4 aliphatic rings. The molecule has 12 nitrogen and oxygen atoms in total. The van der Waals surface area contributed by atoms with E-state index in [1.807, 2.05) is 36.4 Å². The van der Waals surface area contributed by atoms with Gasteiger partial charge < -0.3 is 39.0 Å². The second-order valence-electron chi connectivity index (χ2n) is 15.6. The maximum atomic E-state index is 13.4. The lowest BCUT2D eigenvalue weighted by Crippen LogP contribution is -2.52. The molecular formula is C45H43Cl2F2N3O9. The van der Waals surface area contributed by atoms with Crippen LogP contribution in [0.4, 0.5) is 13.6 Å². The van der Waals surface area contributed by atoms with Crippen LogP contribution in [0.2, 0.25) is 10.0 Å². The Kier molecular flexibility index (Phi) is 12.8. The normalized spacial score (nSPS) is 19.3. The molecule has 61 heavy (non-hydrogen) atoms. The fraction of sp³-hybridized carbons (Fsp3) is 0.356. The molecule has 2 N–H and O–H groups in total. The average Bonchev–Trinajstić information content (AvgIpc) is 3.98. The number of aromatic nitrogens is 1.